The molecular formula is C15H20N2S. The molecule has 0 fully saturated rings. The third-order valence-electron chi connectivity index (χ3n) is 3.42. The first-order valence-electron chi connectivity index (χ1n) is 6.20. The molecule has 2 N–H and O–H groups in total. The molecule has 1 atom stereocenters. The second-order valence-corrected chi connectivity index (χ2v) is 5.78. The van der Waals surface area contributed by atoms with Crippen molar-refractivity contribution in [2.24, 2.45) is 0 Å². The number of benzene rings is 1. The molecule has 0 amide bonds. The number of hydrogen-bond donors (Lipinski definition) is 1. The summed E-state index contributed by atoms with van der Waals surface area (Å²) in [5.41, 5.74) is 9.31. The zero-order valence-electron chi connectivity index (χ0n) is 11.2. The van der Waals surface area contributed by atoms with Crippen molar-refractivity contribution in [3.05, 3.63) is 46.2 Å². The Hall–Kier alpha value is -1.48. The van der Waals surface area contributed by atoms with Gasteiger partial charge in [0.1, 0.15) is 0 Å². The highest BCUT2D eigenvalue weighted by atomic mass is 32.1. The van der Waals surface area contributed by atoms with Crippen LogP contribution >= 0.6 is 11.3 Å². The molecule has 1 aromatic carbocycles. The third kappa shape index (κ3) is 2.67. The van der Waals surface area contributed by atoms with Crippen LogP contribution in [0, 0.1) is 6.92 Å². The number of rotatable bonds is 4. The van der Waals surface area contributed by atoms with Crippen LogP contribution in [-0.4, -0.2) is 13.1 Å². The minimum atomic E-state index is 0.438. The summed E-state index contributed by atoms with van der Waals surface area (Å²) < 4.78 is 0. The molecule has 96 valence electrons. The van der Waals surface area contributed by atoms with Crippen LogP contribution in [0.25, 0.3) is 0 Å². The average Bonchev–Trinajstić information content (AvgIpc) is 2.84. The summed E-state index contributed by atoms with van der Waals surface area (Å²) >= 11 is 1.81. The molecular weight excluding hydrogens is 240 g/mol. The second-order valence-electron chi connectivity index (χ2n) is 4.75. The maximum absolute atomic E-state index is 6.16. The SMILES string of the molecule is Cc1cccc(N(C)C(C)Cc2cccs2)c1N. The van der Waals surface area contributed by atoms with Gasteiger partial charge in [-0.25, -0.2) is 0 Å². The van der Waals surface area contributed by atoms with E-state index >= 15 is 0 Å². The number of para-hydroxylation sites is 1. The number of nitrogens with two attached hydrogens (primary N) is 1. The lowest BCUT2D eigenvalue weighted by atomic mass is 10.1. The number of aryl methyl sites for hydroxylation is 1. The average molecular weight is 260 g/mol. The van der Waals surface area contributed by atoms with Gasteiger partial charge in [-0.2, -0.15) is 0 Å². The van der Waals surface area contributed by atoms with Crippen LogP contribution in [0.4, 0.5) is 11.4 Å². The quantitative estimate of drug-likeness (QED) is 0.849. The van der Waals surface area contributed by atoms with Gasteiger partial charge in [0.05, 0.1) is 11.4 Å². The Morgan fingerprint density at radius 1 is 1.28 bits per heavy atom. The third-order valence-corrected chi connectivity index (χ3v) is 4.32. The van der Waals surface area contributed by atoms with Crippen molar-refractivity contribution in [3.8, 4) is 0 Å². The van der Waals surface area contributed by atoms with Gasteiger partial charge in [-0.15, -0.1) is 11.3 Å². The molecule has 0 saturated carbocycles. The van der Waals surface area contributed by atoms with Crippen LogP contribution in [0.3, 0.4) is 0 Å². The summed E-state index contributed by atoms with van der Waals surface area (Å²) in [5.74, 6) is 0. The number of thiophene rings is 1. The fourth-order valence-corrected chi connectivity index (χ4v) is 2.89. The van der Waals surface area contributed by atoms with E-state index in [1.165, 1.54) is 4.88 Å². The minimum Gasteiger partial charge on any atom is -0.397 e. The van der Waals surface area contributed by atoms with E-state index in [1.54, 1.807) is 0 Å². The van der Waals surface area contributed by atoms with Gasteiger partial charge in [0.2, 0.25) is 0 Å². The maximum Gasteiger partial charge on any atom is 0.0602 e. The molecule has 2 rings (SSSR count). The largest absolute Gasteiger partial charge is 0.397 e. The van der Waals surface area contributed by atoms with E-state index in [0.29, 0.717) is 6.04 Å². The Morgan fingerprint density at radius 3 is 2.72 bits per heavy atom. The molecule has 2 nitrogen and oxygen atoms in total. The van der Waals surface area contributed by atoms with Gasteiger partial charge in [-0.3, -0.25) is 0 Å². The van der Waals surface area contributed by atoms with Crippen LogP contribution in [-0.2, 0) is 6.42 Å². The van der Waals surface area contributed by atoms with Crippen LogP contribution < -0.4 is 10.6 Å². The molecule has 18 heavy (non-hydrogen) atoms. The fraction of sp³-hybridized carbons (Fsp3) is 0.333. The number of hydrogen-bond acceptors (Lipinski definition) is 3. The highest BCUT2D eigenvalue weighted by Gasteiger charge is 2.14. The molecule has 2 aromatic rings. The molecule has 0 aliphatic heterocycles. The number of anilines is 2. The van der Waals surface area contributed by atoms with Crippen LogP contribution in [0.5, 0.6) is 0 Å². The number of nitrogen functional groups attached to an aromatic ring is 1. The van der Waals surface area contributed by atoms with Gasteiger partial charge >= 0.3 is 0 Å². The van der Waals surface area contributed by atoms with Crippen molar-refractivity contribution in [3.63, 3.8) is 0 Å². The van der Waals surface area contributed by atoms with Crippen molar-refractivity contribution in [1.82, 2.24) is 0 Å². The van der Waals surface area contributed by atoms with E-state index in [9.17, 15) is 0 Å². The first-order valence-corrected chi connectivity index (χ1v) is 7.08. The van der Waals surface area contributed by atoms with Crippen LogP contribution in [0.15, 0.2) is 35.7 Å². The first kappa shape index (κ1) is 13.0. The van der Waals surface area contributed by atoms with Crippen molar-refractivity contribution in [2.75, 3.05) is 17.7 Å². The molecule has 0 spiro atoms. The maximum atomic E-state index is 6.16. The predicted octanol–water partition coefficient (Wildman–Crippen LogP) is 3.71. The van der Waals surface area contributed by atoms with Crippen molar-refractivity contribution in [2.45, 2.75) is 26.3 Å². The smallest absolute Gasteiger partial charge is 0.0602 e. The van der Waals surface area contributed by atoms with Crippen molar-refractivity contribution >= 4 is 22.7 Å². The van der Waals surface area contributed by atoms with Crippen LogP contribution in [0.1, 0.15) is 17.4 Å². The summed E-state index contributed by atoms with van der Waals surface area (Å²) in [7, 11) is 2.11. The Morgan fingerprint density at radius 2 is 2.06 bits per heavy atom. The Kier molecular flexibility index (Phi) is 3.92. The lowest BCUT2D eigenvalue weighted by Gasteiger charge is -2.28. The molecule has 0 aliphatic carbocycles. The number of likely N-dealkylation sites (N-methyl/N-ethyl adjacent to an activating group) is 1. The van der Waals surface area contributed by atoms with E-state index in [0.717, 1.165) is 23.4 Å². The lowest BCUT2D eigenvalue weighted by Crippen LogP contribution is -2.31. The predicted molar refractivity (Wildman–Crippen MR) is 81.5 cm³/mol. The molecule has 3 heteroatoms. The lowest BCUT2D eigenvalue weighted by molar-refractivity contribution is 0.689. The van der Waals surface area contributed by atoms with Gasteiger partial charge in [0, 0.05) is 24.4 Å². The fourth-order valence-electron chi connectivity index (χ4n) is 2.07. The Balaban J connectivity index is 2.15. The van der Waals surface area contributed by atoms with Crippen molar-refractivity contribution < 1.29 is 0 Å². The van der Waals surface area contributed by atoms with Gasteiger partial charge in [0.15, 0.2) is 0 Å². The standard InChI is InChI=1S/C15H20N2S/c1-11-6-4-8-14(15(11)16)17(3)12(2)10-13-7-5-9-18-13/h4-9,12H,10,16H2,1-3H3. The number of nitrogens with zero attached hydrogens (tertiary/aromatic N) is 1. The van der Waals surface area contributed by atoms with Gasteiger partial charge in [-0.05, 0) is 36.9 Å². The molecule has 1 heterocycles. The van der Waals surface area contributed by atoms with Gasteiger partial charge < -0.3 is 10.6 Å². The summed E-state index contributed by atoms with van der Waals surface area (Å²) in [5, 5.41) is 2.13. The van der Waals surface area contributed by atoms with E-state index in [1.807, 2.05) is 11.3 Å². The van der Waals surface area contributed by atoms with E-state index < -0.39 is 0 Å². The molecule has 0 aliphatic rings. The van der Waals surface area contributed by atoms with E-state index in [2.05, 4.69) is 61.5 Å². The molecule has 1 unspecified atom stereocenters. The van der Waals surface area contributed by atoms with E-state index in [-0.39, 0.29) is 0 Å². The molecule has 0 radical (unpaired) electrons. The topological polar surface area (TPSA) is 29.3 Å². The van der Waals surface area contributed by atoms with Gasteiger partial charge in [0.25, 0.3) is 0 Å². The summed E-state index contributed by atoms with van der Waals surface area (Å²) in [4.78, 5) is 3.68. The minimum absolute atomic E-state index is 0.438. The summed E-state index contributed by atoms with van der Waals surface area (Å²) in [6.07, 6.45) is 1.06. The highest BCUT2D eigenvalue weighted by molar-refractivity contribution is 7.09. The summed E-state index contributed by atoms with van der Waals surface area (Å²) in [6, 6.07) is 10.9. The Labute approximate surface area is 113 Å². The van der Waals surface area contributed by atoms with E-state index in [4.69, 9.17) is 5.73 Å². The first-order chi connectivity index (χ1) is 8.59. The monoisotopic (exact) mass is 260 g/mol. The van der Waals surface area contributed by atoms with Gasteiger partial charge in [-0.1, -0.05) is 18.2 Å². The van der Waals surface area contributed by atoms with Crippen molar-refractivity contribution in [1.29, 1.82) is 0 Å². The van der Waals surface area contributed by atoms with Crippen LogP contribution in [0.2, 0.25) is 0 Å². The normalized spacial score (nSPS) is 12.4. The zero-order chi connectivity index (χ0) is 13.1. The molecule has 0 saturated heterocycles. The summed E-state index contributed by atoms with van der Waals surface area (Å²) in [6.45, 7) is 4.29. The molecule has 0 bridgehead atoms. The molecule has 1 aromatic heterocycles. The second kappa shape index (κ2) is 5.44. The zero-order valence-corrected chi connectivity index (χ0v) is 12.0. The highest BCUT2D eigenvalue weighted by Crippen LogP contribution is 2.27. The Bertz CT molecular complexity index is 505.